The monoisotopic (exact) mass is 277 g/mol. The number of hydrogen-bond acceptors (Lipinski definition) is 4. The molecular weight excluding hydrogens is 262 g/mol. The molecule has 1 fully saturated rings. The van der Waals surface area contributed by atoms with Crippen molar-refractivity contribution >= 4 is 17.4 Å². The lowest BCUT2D eigenvalue weighted by Crippen LogP contribution is -2.26. The van der Waals surface area contributed by atoms with Crippen LogP contribution in [0.15, 0.2) is 18.3 Å². The first kappa shape index (κ1) is 12.4. The summed E-state index contributed by atoms with van der Waals surface area (Å²) in [5.74, 6) is 2.22. The third kappa shape index (κ3) is 2.56. The molecule has 0 bridgehead atoms. The van der Waals surface area contributed by atoms with Crippen LogP contribution in [0.2, 0.25) is 5.15 Å². The van der Waals surface area contributed by atoms with Gasteiger partial charge in [-0.1, -0.05) is 18.5 Å². The summed E-state index contributed by atoms with van der Waals surface area (Å²) < 4.78 is 1.88. The Bertz CT molecular complexity index is 588. The number of hydrogen-bond donors (Lipinski definition) is 1. The highest BCUT2D eigenvalue weighted by molar-refractivity contribution is 6.29. The van der Waals surface area contributed by atoms with Gasteiger partial charge in [-0.15, -0.1) is 5.10 Å². The molecule has 0 aromatic carbocycles. The largest absolute Gasteiger partial charge is 0.384 e. The lowest BCUT2D eigenvalue weighted by Gasteiger charge is -2.32. The third-order valence-corrected chi connectivity index (χ3v) is 3.82. The van der Waals surface area contributed by atoms with Crippen LogP contribution in [0.3, 0.4) is 0 Å². The van der Waals surface area contributed by atoms with Gasteiger partial charge in [0.1, 0.15) is 5.82 Å². The fourth-order valence-corrected chi connectivity index (χ4v) is 2.82. The van der Waals surface area contributed by atoms with Crippen molar-refractivity contribution in [3.8, 4) is 11.3 Å². The number of halogens is 1. The maximum absolute atomic E-state index is 6.01. The van der Waals surface area contributed by atoms with Crippen LogP contribution in [0.5, 0.6) is 0 Å². The zero-order chi connectivity index (χ0) is 13.4. The maximum Gasteiger partial charge on any atom is 0.152 e. The smallest absolute Gasteiger partial charge is 0.152 e. The molecule has 0 atom stereocenters. The summed E-state index contributed by atoms with van der Waals surface area (Å²) in [6.07, 6.45) is 4.16. The van der Waals surface area contributed by atoms with Crippen LogP contribution >= 0.6 is 11.6 Å². The Labute approximate surface area is 116 Å². The van der Waals surface area contributed by atoms with Crippen molar-refractivity contribution in [1.82, 2.24) is 20.0 Å². The van der Waals surface area contributed by atoms with Gasteiger partial charge in [-0.2, -0.15) is 10.2 Å². The van der Waals surface area contributed by atoms with Crippen LogP contribution in [0.25, 0.3) is 11.3 Å². The molecule has 2 heterocycles. The molecule has 0 amide bonds. The highest BCUT2D eigenvalue weighted by Crippen LogP contribution is 2.34. The first-order valence-electron chi connectivity index (χ1n) is 6.43. The van der Waals surface area contributed by atoms with E-state index in [1.165, 1.54) is 12.8 Å². The minimum absolute atomic E-state index is 0.360. The Morgan fingerprint density at radius 1 is 1.42 bits per heavy atom. The maximum atomic E-state index is 6.01. The van der Waals surface area contributed by atoms with Gasteiger partial charge in [0.25, 0.3) is 0 Å². The number of aromatic nitrogens is 4. The first-order chi connectivity index (χ1) is 9.11. The van der Waals surface area contributed by atoms with Crippen molar-refractivity contribution in [2.24, 2.45) is 11.8 Å². The van der Waals surface area contributed by atoms with E-state index in [0.717, 1.165) is 23.7 Å². The first-order valence-corrected chi connectivity index (χ1v) is 6.81. The molecule has 0 unspecified atom stereocenters. The zero-order valence-corrected chi connectivity index (χ0v) is 11.5. The van der Waals surface area contributed by atoms with Crippen molar-refractivity contribution < 1.29 is 0 Å². The summed E-state index contributed by atoms with van der Waals surface area (Å²) in [6.45, 7) is 3.17. The van der Waals surface area contributed by atoms with E-state index < -0.39 is 0 Å². The molecule has 1 aliphatic carbocycles. The molecule has 6 heteroatoms. The van der Waals surface area contributed by atoms with Crippen LogP contribution in [-0.2, 0) is 6.54 Å². The van der Waals surface area contributed by atoms with Crippen LogP contribution in [0, 0.1) is 11.8 Å². The average molecular weight is 278 g/mol. The number of nitrogens with zero attached hydrogens (tertiary/aromatic N) is 4. The molecule has 3 rings (SSSR count). The molecule has 2 aromatic heterocycles. The lowest BCUT2D eigenvalue weighted by molar-refractivity contribution is 0.183. The molecule has 5 nitrogen and oxygen atoms in total. The standard InChI is InChI=1S/C13H16ClN5/c1-8-2-9(3-8)7-19-13(15)5-11(18-19)10-4-12(14)17-16-6-10/h4-6,8-9H,2-3,7,15H2,1H3. The van der Waals surface area contributed by atoms with Crippen molar-refractivity contribution in [3.05, 3.63) is 23.5 Å². The molecule has 2 aromatic rings. The van der Waals surface area contributed by atoms with Gasteiger partial charge >= 0.3 is 0 Å². The average Bonchev–Trinajstić information content (AvgIpc) is 2.69. The number of rotatable bonds is 3. The van der Waals surface area contributed by atoms with E-state index in [1.54, 1.807) is 12.3 Å². The molecule has 0 aliphatic heterocycles. The van der Waals surface area contributed by atoms with Gasteiger partial charge in [0.15, 0.2) is 5.15 Å². The van der Waals surface area contributed by atoms with Gasteiger partial charge in [-0.3, -0.25) is 0 Å². The predicted molar refractivity (Wildman–Crippen MR) is 74.6 cm³/mol. The molecular formula is C13H16ClN5. The summed E-state index contributed by atoms with van der Waals surface area (Å²) in [5.41, 5.74) is 7.64. The Morgan fingerprint density at radius 2 is 2.21 bits per heavy atom. The molecule has 100 valence electrons. The highest BCUT2D eigenvalue weighted by atomic mass is 35.5. The van der Waals surface area contributed by atoms with Gasteiger partial charge < -0.3 is 5.73 Å². The number of nitrogen functional groups attached to an aromatic ring is 1. The SMILES string of the molecule is CC1CC(Cn2nc(-c3cnnc(Cl)c3)cc2N)C1. The van der Waals surface area contributed by atoms with E-state index in [-0.39, 0.29) is 0 Å². The van der Waals surface area contributed by atoms with Crippen LogP contribution in [0.1, 0.15) is 19.8 Å². The van der Waals surface area contributed by atoms with Crippen LogP contribution in [0.4, 0.5) is 5.82 Å². The molecule has 1 aliphatic rings. The van der Waals surface area contributed by atoms with E-state index in [2.05, 4.69) is 22.2 Å². The summed E-state index contributed by atoms with van der Waals surface area (Å²) in [5, 5.41) is 12.4. The summed E-state index contributed by atoms with van der Waals surface area (Å²) in [6, 6.07) is 3.60. The molecule has 2 N–H and O–H groups in total. The third-order valence-electron chi connectivity index (χ3n) is 3.63. The minimum Gasteiger partial charge on any atom is -0.384 e. The topological polar surface area (TPSA) is 69.6 Å². The summed E-state index contributed by atoms with van der Waals surface area (Å²) >= 11 is 5.83. The zero-order valence-electron chi connectivity index (χ0n) is 10.8. The Morgan fingerprint density at radius 3 is 2.89 bits per heavy atom. The van der Waals surface area contributed by atoms with Crippen LogP contribution < -0.4 is 5.73 Å². The van der Waals surface area contributed by atoms with Gasteiger partial charge in [-0.25, -0.2) is 4.68 Å². The highest BCUT2D eigenvalue weighted by Gasteiger charge is 2.26. The van der Waals surface area contributed by atoms with Gasteiger partial charge in [0, 0.05) is 18.2 Å². The van der Waals surface area contributed by atoms with Crippen molar-refractivity contribution in [1.29, 1.82) is 0 Å². The lowest BCUT2D eigenvalue weighted by atomic mass is 9.76. The number of anilines is 1. The van der Waals surface area contributed by atoms with Gasteiger partial charge in [0.05, 0.1) is 11.9 Å². The van der Waals surface area contributed by atoms with E-state index >= 15 is 0 Å². The van der Waals surface area contributed by atoms with Crippen molar-refractivity contribution in [3.63, 3.8) is 0 Å². The van der Waals surface area contributed by atoms with E-state index in [9.17, 15) is 0 Å². The Kier molecular flexibility index (Phi) is 3.14. The van der Waals surface area contributed by atoms with E-state index in [4.69, 9.17) is 17.3 Å². The summed E-state index contributed by atoms with van der Waals surface area (Å²) in [4.78, 5) is 0. The fraction of sp³-hybridized carbons (Fsp3) is 0.462. The molecule has 19 heavy (non-hydrogen) atoms. The van der Waals surface area contributed by atoms with Crippen LogP contribution in [-0.4, -0.2) is 20.0 Å². The second-order valence-corrected chi connectivity index (χ2v) is 5.73. The fourth-order valence-electron chi connectivity index (χ4n) is 2.66. The van der Waals surface area contributed by atoms with E-state index in [0.29, 0.717) is 16.9 Å². The van der Waals surface area contributed by atoms with Gasteiger partial charge in [0.2, 0.25) is 0 Å². The second-order valence-electron chi connectivity index (χ2n) is 5.35. The quantitative estimate of drug-likeness (QED) is 0.936. The Hall–Kier alpha value is -1.62. The molecule has 1 saturated carbocycles. The van der Waals surface area contributed by atoms with E-state index in [1.807, 2.05) is 10.7 Å². The Balaban J connectivity index is 1.81. The van der Waals surface area contributed by atoms with Crippen molar-refractivity contribution in [2.75, 3.05) is 5.73 Å². The van der Waals surface area contributed by atoms with Gasteiger partial charge in [-0.05, 0) is 30.7 Å². The number of nitrogens with two attached hydrogens (primary N) is 1. The minimum atomic E-state index is 0.360. The molecule has 0 spiro atoms. The van der Waals surface area contributed by atoms with Crippen molar-refractivity contribution in [2.45, 2.75) is 26.3 Å². The predicted octanol–water partition coefficient (Wildman–Crippen LogP) is 2.62. The normalized spacial score (nSPS) is 22.2. The summed E-state index contributed by atoms with van der Waals surface area (Å²) in [7, 11) is 0. The molecule has 0 radical (unpaired) electrons. The second kappa shape index (κ2) is 4.81. The molecule has 0 saturated heterocycles.